The highest BCUT2D eigenvalue weighted by molar-refractivity contribution is 7.18. The van der Waals surface area contributed by atoms with Gasteiger partial charge < -0.3 is 19.8 Å². The van der Waals surface area contributed by atoms with Gasteiger partial charge in [0.2, 0.25) is 6.10 Å². The van der Waals surface area contributed by atoms with E-state index in [0.29, 0.717) is 54.0 Å². The van der Waals surface area contributed by atoms with Crippen LogP contribution >= 0.6 is 22.9 Å². The van der Waals surface area contributed by atoms with Crippen LogP contribution in [0.3, 0.4) is 0 Å². The van der Waals surface area contributed by atoms with Crippen molar-refractivity contribution in [1.29, 1.82) is 0 Å². The molecule has 2 aromatic rings. The van der Waals surface area contributed by atoms with E-state index in [1.54, 1.807) is 29.2 Å². The molecule has 1 aromatic carbocycles. The second kappa shape index (κ2) is 8.52. The predicted octanol–water partition coefficient (Wildman–Crippen LogP) is 3.31. The van der Waals surface area contributed by atoms with Gasteiger partial charge in [0.15, 0.2) is 0 Å². The van der Waals surface area contributed by atoms with Crippen LogP contribution in [-0.4, -0.2) is 54.8 Å². The Morgan fingerprint density at radius 1 is 1.24 bits per heavy atom. The van der Waals surface area contributed by atoms with E-state index in [-0.39, 0.29) is 11.8 Å². The van der Waals surface area contributed by atoms with Crippen LogP contribution in [0.2, 0.25) is 4.34 Å². The minimum atomic E-state index is -0.719. The van der Waals surface area contributed by atoms with Gasteiger partial charge in [0, 0.05) is 30.8 Å². The first kappa shape index (κ1) is 19.9. The first-order chi connectivity index (χ1) is 14.0. The summed E-state index contributed by atoms with van der Waals surface area (Å²) in [6.07, 6.45) is -0.349. The van der Waals surface area contributed by atoms with Gasteiger partial charge in [0.25, 0.3) is 11.8 Å². The van der Waals surface area contributed by atoms with E-state index in [4.69, 9.17) is 21.2 Å². The molecule has 1 N–H and O–H groups in total. The summed E-state index contributed by atoms with van der Waals surface area (Å²) in [5, 5.41) is 6.90. The number of hydrogen-bond donors (Lipinski definition) is 1. The Kier molecular flexibility index (Phi) is 5.84. The Morgan fingerprint density at radius 2 is 2.03 bits per heavy atom. The van der Waals surface area contributed by atoms with Crippen molar-refractivity contribution in [2.24, 2.45) is 5.16 Å². The number of carbonyl (C=O) groups is 2. The number of halogens is 1. The molecule has 0 bridgehead atoms. The van der Waals surface area contributed by atoms with Crippen LogP contribution in [0, 0.1) is 6.92 Å². The summed E-state index contributed by atoms with van der Waals surface area (Å²) in [5.74, 6) is -0.357. The lowest BCUT2D eigenvalue weighted by molar-refractivity contribution is -0.125. The molecule has 2 aliphatic rings. The third-order valence-electron chi connectivity index (χ3n) is 4.94. The van der Waals surface area contributed by atoms with Gasteiger partial charge in [-0.05, 0) is 36.8 Å². The number of morpholine rings is 1. The fourth-order valence-electron chi connectivity index (χ4n) is 3.29. The lowest BCUT2D eigenvalue weighted by atomic mass is 10.0. The van der Waals surface area contributed by atoms with Gasteiger partial charge in [-0.2, -0.15) is 0 Å². The molecule has 9 heteroatoms. The number of carbonyl (C=O) groups excluding carboxylic acids is 2. The Labute approximate surface area is 177 Å². The molecular weight excluding hydrogens is 414 g/mol. The van der Waals surface area contributed by atoms with Crippen molar-refractivity contribution in [1.82, 2.24) is 4.90 Å². The third-order valence-corrected chi connectivity index (χ3v) is 6.22. The molecule has 2 aliphatic heterocycles. The molecule has 3 heterocycles. The molecule has 1 saturated heterocycles. The van der Waals surface area contributed by atoms with Crippen LogP contribution in [0.5, 0.6) is 0 Å². The quantitative estimate of drug-likeness (QED) is 0.802. The molecule has 0 spiro atoms. The number of nitrogens with one attached hydrogen (secondary N) is 1. The predicted molar refractivity (Wildman–Crippen MR) is 112 cm³/mol. The summed E-state index contributed by atoms with van der Waals surface area (Å²) in [6, 6.07) is 8.97. The highest BCUT2D eigenvalue weighted by atomic mass is 35.5. The van der Waals surface area contributed by atoms with Crippen LogP contribution in [0.4, 0.5) is 5.69 Å². The van der Waals surface area contributed by atoms with Crippen molar-refractivity contribution in [2.45, 2.75) is 19.4 Å². The van der Waals surface area contributed by atoms with E-state index < -0.39 is 6.10 Å². The molecule has 2 amide bonds. The van der Waals surface area contributed by atoms with E-state index in [1.807, 2.05) is 13.0 Å². The molecule has 0 saturated carbocycles. The van der Waals surface area contributed by atoms with Crippen LogP contribution in [-0.2, 0) is 14.4 Å². The lowest BCUT2D eigenvalue weighted by Gasteiger charge is -2.27. The summed E-state index contributed by atoms with van der Waals surface area (Å²) in [6.45, 7) is 4.04. The molecule has 7 nitrogen and oxygen atoms in total. The smallest absolute Gasteiger partial charge is 0.268 e. The van der Waals surface area contributed by atoms with Crippen LogP contribution in [0.25, 0.3) is 0 Å². The number of thiophene rings is 1. The Bertz CT molecular complexity index is 968. The van der Waals surface area contributed by atoms with Crippen LogP contribution in [0.15, 0.2) is 35.5 Å². The van der Waals surface area contributed by atoms with Gasteiger partial charge in [-0.15, -0.1) is 11.3 Å². The van der Waals surface area contributed by atoms with Gasteiger partial charge in [-0.3, -0.25) is 9.59 Å². The molecule has 0 aliphatic carbocycles. The molecule has 1 aromatic heterocycles. The molecule has 1 fully saturated rings. The third kappa shape index (κ3) is 4.29. The van der Waals surface area contributed by atoms with Crippen molar-refractivity contribution >= 4 is 46.2 Å². The first-order valence-electron chi connectivity index (χ1n) is 9.29. The number of hydrogen-bond acceptors (Lipinski definition) is 6. The number of ether oxygens (including phenoxy) is 1. The molecule has 4 rings (SSSR count). The maximum Gasteiger partial charge on any atom is 0.268 e. The zero-order chi connectivity index (χ0) is 20.4. The van der Waals surface area contributed by atoms with E-state index in [2.05, 4.69) is 10.5 Å². The van der Waals surface area contributed by atoms with E-state index in [0.717, 1.165) is 10.4 Å². The van der Waals surface area contributed by atoms with Crippen molar-refractivity contribution in [3.8, 4) is 0 Å². The fourth-order valence-corrected chi connectivity index (χ4v) is 4.32. The van der Waals surface area contributed by atoms with Crippen molar-refractivity contribution in [3.05, 3.63) is 50.7 Å². The lowest BCUT2D eigenvalue weighted by Crippen LogP contribution is -2.41. The number of amides is 2. The maximum absolute atomic E-state index is 12.8. The minimum Gasteiger partial charge on any atom is -0.382 e. The maximum atomic E-state index is 12.8. The SMILES string of the molecule is Cc1c(NC(=O)C2CC(c3ccc(Cl)s3)=NO2)cccc1C(=O)N1CCOCC1. The van der Waals surface area contributed by atoms with Crippen molar-refractivity contribution < 1.29 is 19.2 Å². The fraction of sp³-hybridized carbons (Fsp3) is 0.350. The topological polar surface area (TPSA) is 80.2 Å². The molecular formula is C20H20ClN3O4S. The Morgan fingerprint density at radius 3 is 2.76 bits per heavy atom. The molecule has 0 radical (unpaired) electrons. The van der Waals surface area contributed by atoms with E-state index in [9.17, 15) is 9.59 Å². The molecule has 1 atom stereocenters. The summed E-state index contributed by atoms with van der Waals surface area (Å²) >= 11 is 7.36. The van der Waals surface area contributed by atoms with Gasteiger partial charge in [0.1, 0.15) is 5.71 Å². The van der Waals surface area contributed by atoms with E-state index >= 15 is 0 Å². The van der Waals surface area contributed by atoms with Gasteiger partial charge in [0.05, 0.1) is 22.4 Å². The number of oxime groups is 1. The largest absolute Gasteiger partial charge is 0.382 e. The first-order valence-corrected chi connectivity index (χ1v) is 10.5. The van der Waals surface area contributed by atoms with Crippen molar-refractivity contribution in [3.63, 3.8) is 0 Å². The standard InChI is InChI=1S/C20H20ClN3O4S/c1-12-13(20(26)24-7-9-27-10-8-24)3-2-4-14(12)22-19(25)16-11-15(23-28-16)17-5-6-18(21)29-17/h2-6,16H,7-11H2,1H3,(H,22,25). The van der Waals surface area contributed by atoms with Crippen LogP contribution in [0.1, 0.15) is 27.2 Å². The average Bonchev–Trinajstić information content (AvgIpc) is 3.39. The summed E-state index contributed by atoms with van der Waals surface area (Å²) in [5.41, 5.74) is 2.59. The summed E-state index contributed by atoms with van der Waals surface area (Å²) < 4.78 is 5.97. The number of anilines is 1. The Balaban J connectivity index is 1.43. The monoisotopic (exact) mass is 433 g/mol. The summed E-state index contributed by atoms with van der Waals surface area (Å²) in [7, 11) is 0. The highest BCUT2D eigenvalue weighted by Crippen LogP contribution is 2.27. The molecule has 152 valence electrons. The van der Waals surface area contributed by atoms with Crippen LogP contribution < -0.4 is 5.32 Å². The van der Waals surface area contributed by atoms with Gasteiger partial charge in [-0.1, -0.05) is 22.8 Å². The van der Waals surface area contributed by atoms with E-state index in [1.165, 1.54) is 11.3 Å². The molecule has 1 unspecified atom stereocenters. The Hall–Kier alpha value is -2.42. The average molecular weight is 434 g/mol. The highest BCUT2D eigenvalue weighted by Gasteiger charge is 2.30. The van der Waals surface area contributed by atoms with Crippen molar-refractivity contribution in [2.75, 3.05) is 31.6 Å². The molecule has 29 heavy (non-hydrogen) atoms. The normalized spacial score (nSPS) is 18.9. The number of nitrogens with zero attached hydrogens (tertiary/aromatic N) is 2. The zero-order valence-corrected chi connectivity index (χ0v) is 17.4. The second-order valence-electron chi connectivity index (χ2n) is 6.81. The number of benzene rings is 1. The van der Waals surface area contributed by atoms with Gasteiger partial charge >= 0.3 is 0 Å². The number of rotatable bonds is 4. The second-order valence-corrected chi connectivity index (χ2v) is 8.53. The zero-order valence-electron chi connectivity index (χ0n) is 15.8. The van der Waals surface area contributed by atoms with Gasteiger partial charge in [-0.25, -0.2) is 0 Å². The minimum absolute atomic E-state index is 0.0563. The summed E-state index contributed by atoms with van der Waals surface area (Å²) in [4.78, 5) is 33.5.